The average molecular weight is 487 g/mol. The zero-order valence-corrected chi connectivity index (χ0v) is 17.4. The second kappa shape index (κ2) is 11.6. The number of aliphatic imine (C=N–C) groups is 1. The molecule has 2 rings (SSSR count). The van der Waals surface area contributed by atoms with E-state index in [1.807, 2.05) is 11.8 Å². The number of thioether (sulfide) groups is 1. The molecule has 1 atom stereocenters. The number of rotatable bonds is 7. The highest BCUT2D eigenvalue weighted by atomic mass is 127. The summed E-state index contributed by atoms with van der Waals surface area (Å²) in [6.07, 6.45) is 2.49. The van der Waals surface area contributed by atoms with Crippen molar-refractivity contribution in [3.8, 4) is 11.5 Å². The van der Waals surface area contributed by atoms with E-state index < -0.39 is 6.61 Å². The van der Waals surface area contributed by atoms with Crippen molar-refractivity contribution >= 4 is 41.7 Å². The Balaban J connectivity index is 0.00000312. The van der Waals surface area contributed by atoms with Crippen LogP contribution in [0.5, 0.6) is 11.5 Å². The van der Waals surface area contributed by atoms with Crippen molar-refractivity contribution in [1.29, 1.82) is 0 Å². The molecule has 5 nitrogen and oxygen atoms in total. The fourth-order valence-corrected chi connectivity index (χ4v) is 3.64. The Morgan fingerprint density at radius 3 is 2.76 bits per heavy atom. The molecule has 1 saturated heterocycles. The van der Waals surface area contributed by atoms with Crippen LogP contribution in [0.1, 0.15) is 18.4 Å². The molecule has 2 N–H and O–H groups in total. The van der Waals surface area contributed by atoms with Gasteiger partial charge in [0.05, 0.1) is 7.11 Å². The Morgan fingerprint density at radius 2 is 2.16 bits per heavy atom. The minimum atomic E-state index is -2.89. The van der Waals surface area contributed by atoms with Crippen LogP contribution in [0.4, 0.5) is 8.78 Å². The highest BCUT2D eigenvalue weighted by molar-refractivity contribution is 14.0. The number of nitrogens with zero attached hydrogens (tertiary/aromatic N) is 1. The van der Waals surface area contributed by atoms with Crippen LogP contribution in [0.25, 0.3) is 0 Å². The maximum absolute atomic E-state index is 12.5. The number of nitrogens with one attached hydrogen (secondary N) is 2. The number of guanidine groups is 1. The standard InChI is InChI=1S/C16H23F2N3O2S.HI/c1-19-16(21-10-12-4-3-7-24-12)20-9-11-5-6-13(22-2)14(8-11)23-15(17)18;/h5-6,8,12,15H,3-4,7,9-10H2,1-2H3,(H2,19,20,21);1H. The van der Waals surface area contributed by atoms with E-state index in [2.05, 4.69) is 20.4 Å². The summed E-state index contributed by atoms with van der Waals surface area (Å²) >= 11 is 1.97. The van der Waals surface area contributed by atoms with Gasteiger partial charge < -0.3 is 20.1 Å². The molecule has 1 fully saturated rings. The number of hydrogen-bond donors (Lipinski definition) is 2. The Bertz CT molecular complexity index is 558. The quantitative estimate of drug-likeness (QED) is 0.351. The lowest BCUT2D eigenvalue weighted by atomic mass is 10.2. The normalized spacial score (nSPS) is 17.2. The average Bonchev–Trinajstić information content (AvgIpc) is 3.08. The van der Waals surface area contributed by atoms with Crippen LogP contribution in [0.3, 0.4) is 0 Å². The molecule has 1 heterocycles. The van der Waals surface area contributed by atoms with Gasteiger partial charge in [-0.15, -0.1) is 24.0 Å². The highest BCUT2D eigenvalue weighted by Crippen LogP contribution is 2.29. The summed E-state index contributed by atoms with van der Waals surface area (Å²) in [5.74, 6) is 2.21. The van der Waals surface area contributed by atoms with Crippen molar-refractivity contribution in [3.05, 3.63) is 23.8 Å². The first-order valence-electron chi connectivity index (χ1n) is 7.80. The van der Waals surface area contributed by atoms with E-state index >= 15 is 0 Å². The van der Waals surface area contributed by atoms with Crippen molar-refractivity contribution < 1.29 is 18.3 Å². The molecule has 0 aliphatic carbocycles. The maximum Gasteiger partial charge on any atom is 0.387 e. The van der Waals surface area contributed by atoms with E-state index in [0.717, 1.165) is 12.1 Å². The zero-order valence-electron chi connectivity index (χ0n) is 14.3. The summed E-state index contributed by atoms with van der Waals surface area (Å²) in [6, 6.07) is 4.95. The molecule has 25 heavy (non-hydrogen) atoms. The third-order valence-electron chi connectivity index (χ3n) is 3.65. The molecule has 0 saturated carbocycles. The van der Waals surface area contributed by atoms with Crippen molar-refractivity contribution in [3.63, 3.8) is 0 Å². The summed E-state index contributed by atoms with van der Waals surface area (Å²) in [7, 11) is 3.12. The minimum Gasteiger partial charge on any atom is -0.493 e. The predicted molar refractivity (Wildman–Crippen MR) is 109 cm³/mol. The first-order valence-corrected chi connectivity index (χ1v) is 8.85. The Labute approximate surface area is 168 Å². The second-order valence-corrected chi connectivity index (χ2v) is 6.71. The smallest absolute Gasteiger partial charge is 0.387 e. The largest absolute Gasteiger partial charge is 0.493 e. The van der Waals surface area contributed by atoms with E-state index in [-0.39, 0.29) is 35.5 Å². The summed E-state index contributed by atoms with van der Waals surface area (Å²) in [5, 5.41) is 7.09. The summed E-state index contributed by atoms with van der Waals surface area (Å²) in [6.45, 7) is -1.58. The van der Waals surface area contributed by atoms with Crippen molar-refractivity contribution in [2.24, 2.45) is 4.99 Å². The zero-order chi connectivity index (χ0) is 17.4. The lowest BCUT2D eigenvalue weighted by Crippen LogP contribution is -2.39. The topological polar surface area (TPSA) is 54.9 Å². The van der Waals surface area contributed by atoms with Gasteiger partial charge in [0.15, 0.2) is 17.5 Å². The van der Waals surface area contributed by atoms with Crippen molar-refractivity contribution in [2.75, 3.05) is 26.5 Å². The second-order valence-electron chi connectivity index (χ2n) is 5.31. The third kappa shape index (κ3) is 7.43. The number of benzene rings is 1. The van der Waals surface area contributed by atoms with Crippen LogP contribution in [0.2, 0.25) is 0 Å². The molecule has 142 valence electrons. The number of halogens is 3. The van der Waals surface area contributed by atoms with Gasteiger partial charge in [-0.05, 0) is 36.3 Å². The molecule has 0 amide bonds. The van der Waals surface area contributed by atoms with Gasteiger partial charge in [0.2, 0.25) is 0 Å². The Hall–Kier alpha value is -0.970. The first-order chi connectivity index (χ1) is 11.6. The molecular formula is C16H24F2IN3O2S. The Morgan fingerprint density at radius 1 is 1.36 bits per heavy atom. The molecule has 1 aliphatic heterocycles. The van der Waals surface area contributed by atoms with Gasteiger partial charge in [-0.25, -0.2) is 0 Å². The SMILES string of the molecule is CN=C(NCc1ccc(OC)c(OC(F)F)c1)NCC1CCCS1.I. The van der Waals surface area contributed by atoms with Crippen molar-refractivity contribution in [2.45, 2.75) is 31.2 Å². The number of methoxy groups -OCH3 is 1. The van der Waals surface area contributed by atoms with E-state index in [4.69, 9.17) is 4.74 Å². The predicted octanol–water partition coefficient (Wildman–Crippen LogP) is 3.48. The lowest BCUT2D eigenvalue weighted by Gasteiger charge is -2.16. The van der Waals surface area contributed by atoms with Crippen LogP contribution in [0, 0.1) is 0 Å². The fraction of sp³-hybridized carbons (Fsp3) is 0.562. The van der Waals surface area contributed by atoms with Crippen LogP contribution in [0.15, 0.2) is 23.2 Å². The maximum atomic E-state index is 12.5. The molecule has 1 aromatic carbocycles. The number of alkyl halides is 2. The van der Waals surface area contributed by atoms with Gasteiger partial charge in [0.1, 0.15) is 0 Å². The van der Waals surface area contributed by atoms with Gasteiger partial charge in [0.25, 0.3) is 0 Å². The Kier molecular flexibility index (Phi) is 10.2. The molecular weight excluding hydrogens is 463 g/mol. The van der Waals surface area contributed by atoms with E-state index in [0.29, 0.717) is 17.8 Å². The third-order valence-corrected chi connectivity index (χ3v) is 5.05. The van der Waals surface area contributed by atoms with Crippen LogP contribution < -0.4 is 20.1 Å². The van der Waals surface area contributed by atoms with Crippen LogP contribution in [-0.4, -0.2) is 44.3 Å². The highest BCUT2D eigenvalue weighted by Gasteiger charge is 2.16. The molecule has 0 radical (unpaired) electrons. The van der Waals surface area contributed by atoms with Gasteiger partial charge in [-0.2, -0.15) is 20.5 Å². The van der Waals surface area contributed by atoms with E-state index in [9.17, 15) is 8.78 Å². The van der Waals surface area contributed by atoms with E-state index in [1.54, 1.807) is 19.2 Å². The summed E-state index contributed by atoms with van der Waals surface area (Å²) in [4.78, 5) is 4.18. The summed E-state index contributed by atoms with van der Waals surface area (Å²) in [5.41, 5.74) is 0.796. The van der Waals surface area contributed by atoms with Gasteiger partial charge >= 0.3 is 6.61 Å². The van der Waals surface area contributed by atoms with Gasteiger partial charge in [0, 0.05) is 25.4 Å². The lowest BCUT2D eigenvalue weighted by molar-refractivity contribution is -0.0512. The number of hydrogen-bond acceptors (Lipinski definition) is 4. The minimum absolute atomic E-state index is 0. The van der Waals surface area contributed by atoms with Gasteiger partial charge in [-0.3, -0.25) is 4.99 Å². The number of ether oxygens (including phenoxy) is 2. The molecule has 1 unspecified atom stereocenters. The van der Waals surface area contributed by atoms with Gasteiger partial charge in [-0.1, -0.05) is 6.07 Å². The monoisotopic (exact) mass is 487 g/mol. The van der Waals surface area contributed by atoms with Crippen LogP contribution in [-0.2, 0) is 6.54 Å². The molecule has 1 aromatic rings. The molecule has 9 heteroatoms. The first kappa shape index (κ1) is 22.1. The molecule has 1 aliphatic rings. The molecule has 0 spiro atoms. The summed E-state index contributed by atoms with van der Waals surface area (Å²) < 4.78 is 34.4. The van der Waals surface area contributed by atoms with Crippen LogP contribution >= 0.6 is 35.7 Å². The van der Waals surface area contributed by atoms with E-state index in [1.165, 1.54) is 31.8 Å². The van der Waals surface area contributed by atoms with Crippen molar-refractivity contribution in [1.82, 2.24) is 10.6 Å². The molecule has 0 bridgehead atoms. The molecule has 0 aromatic heterocycles. The fourth-order valence-electron chi connectivity index (χ4n) is 2.44.